The van der Waals surface area contributed by atoms with Crippen LogP contribution in [0.25, 0.3) is 0 Å². The Morgan fingerprint density at radius 3 is 2.58 bits per heavy atom. The molecule has 10 heteroatoms. The highest BCUT2D eigenvalue weighted by Crippen LogP contribution is 2.08. The van der Waals surface area contributed by atoms with E-state index in [1.165, 1.54) is 18.5 Å². The van der Waals surface area contributed by atoms with Crippen LogP contribution in [-0.2, 0) is 16.6 Å². The zero-order valence-electron chi connectivity index (χ0n) is 13.2. The maximum Gasteiger partial charge on any atom is 0.238 e. The molecule has 0 aliphatic rings. The lowest BCUT2D eigenvalue weighted by molar-refractivity contribution is 0.597. The van der Waals surface area contributed by atoms with E-state index in [4.69, 9.17) is 17.4 Å². The van der Waals surface area contributed by atoms with E-state index in [1.807, 2.05) is 19.9 Å². The maximum atomic E-state index is 11.2. The summed E-state index contributed by atoms with van der Waals surface area (Å²) in [6.45, 7) is 4.24. The molecule has 24 heavy (non-hydrogen) atoms. The van der Waals surface area contributed by atoms with E-state index in [-0.39, 0.29) is 4.90 Å². The molecule has 0 spiro atoms. The predicted octanol–water partition coefficient (Wildman–Crippen LogP) is 0.794. The van der Waals surface area contributed by atoms with E-state index >= 15 is 0 Å². The highest BCUT2D eigenvalue weighted by Gasteiger charge is 2.06. The minimum absolute atomic E-state index is 0.0703. The molecule has 2 rings (SSSR count). The van der Waals surface area contributed by atoms with Crippen molar-refractivity contribution in [2.45, 2.75) is 25.3 Å². The molecule has 1 aromatic heterocycles. The van der Waals surface area contributed by atoms with E-state index in [0.717, 1.165) is 17.0 Å². The molecule has 0 fully saturated rings. The molecule has 0 saturated heterocycles. The fourth-order valence-electron chi connectivity index (χ4n) is 1.92. The molecule has 2 aromatic rings. The van der Waals surface area contributed by atoms with Gasteiger partial charge in [0.2, 0.25) is 10.0 Å². The van der Waals surface area contributed by atoms with Gasteiger partial charge in [-0.3, -0.25) is 5.43 Å². The number of aromatic nitrogens is 2. The lowest BCUT2D eigenvalue weighted by Crippen LogP contribution is -2.22. The van der Waals surface area contributed by atoms with Crippen LogP contribution < -0.4 is 15.9 Å². The van der Waals surface area contributed by atoms with Crippen molar-refractivity contribution >= 4 is 33.7 Å². The minimum Gasteiger partial charge on any atom is -0.357 e. The van der Waals surface area contributed by atoms with E-state index in [9.17, 15) is 8.42 Å². The Labute approximate surface area is 145 Å². The van der Waals surface area contributed by atoms with Gasteiger partial charge in [0.1, 0.15) is 6.34 Å². The number of benzene rings is 1. The van der Waals surface area contributed by atoms with Crippen LogP contribution in [0.1, 0.15) is 17.0 Å². The van der Waals surface area contributed by atoms with Crippen molar-refractivity contribution in [1.29, 1.82) is 0 Å². The van der Waals surface area contributed by atoms with Crippen LogP contribution >= 0.6 is 12.2 Å². The highest BCUT2D eigenvalue weighted by molar-refractivity contribution is 7.89. The van der Waals surface area contributed by atoms with Gasteiger partial charge in [-0.2, -0.15) is 9.89 Å². The Morgan fingerprint density at radius 1 is 1.38 bits per heavy atom. The Balaban J connectivity index is 1.84. The van der Waals surface area contributed by atoms with Gasteiger partial charge in [-0.05, 0) is 49.8 Å². The topological polar surface area (TPSA) is 114 Å². The number of nitrogens with zero attached hydrogens (tertiary/aromatic N) is 3. The first-order valence-electron chi connectivity index (χ1n) is 6.97. The van der Waals surface area contributed by atoms with Crippen molar-refractivity contribution in [2.24, 2.45) is 10.1 Å². The van der Waals surface area contributed by atoms with Gasteiger partial charge in [0, 0.05) is 6.54 Å². The highest BCUT2D eigenvalue weighted by atomic mass is 32.2. The molecule has 8 nitrogen and oxygen atoms in total. The summed E-state index contributed by atoms with van der Waals surface area (Å²) in [5.41, 5.74) is 5.60. The monoisotopic (exact) mass is 366 g/mol. The molecule has 0 bridgehead atoms. The number of sulfonamides is 1. The molecule has 0 radical (unpaired) electrons. The first-order chi connectivity index (χ1) is 11.3. The molecule has 0 amide bonds. The molecule has 1 heterocycles. The molecular formula is C14H18N6O2S2. The first kappa shape index (κ1) is 18.0. The molecular weight excluding hydrogens is 348 g/mol. The summed E-state index contributed by atoms with van der Waals surface area (Å²) < 4.78 is 22.4. The average Bonchev–Trinajstić information content (AvgIpc) is 2.82. The lowest BCUT2D eigenvalue weighted by atomic mass is 10.2. The number of thiocarbonyl (C=S) groups is 1. The molecule has 0 unspecified atom stereocenters. The quantitative estimate of drug-likeness (QED) is 0.410. The number of primary sulfonamides is 1. The van der Waals surface area contributed by atoms with Crippen LogP contribution in [0.3, 0.4) is 0 Å². The van der Waals surface area contributed by atoms with Gasteiger partial charge in [0.05, 0.1) is 16.3 Å². The summed E-state index contributed by atoms with van der Waals surface area (Å²) in [5, 5.41) is 12.5. The summed E-state index contributed by atoms with van der Waals surface area (Å²) >= 11 is 5.10. The van der Waals surface area contributed by atoms with E-state index < -0.39 is 10.0 Å². The summed E-state index contributed by atoms with van der Waals surface area (Å²) in [7, 11) is -3.68. The number of nitrogens with one attached hydrogen (secondary N) is 2. The third-order valence-electron chi connectivity index (χ3n) is 3.07. The van der Waals surface area contributed by atoms with Crippen molar-refractivity contribution in [3.8, 4) is 0 Å². The van der Waals surface area contributed by atoms with Crippen LogP contribution in [-0.4, -0.2) is 29.8 Å². The number of nitrogens with two attached hydrogens (primary N) is 1. The van der Waals surface area contributed by atoms with Crippen LogP contribution in [0.2, 0.25) is 0 Å². The second-order valence-electron chi connectivity index (χ2n) is 5.07. The molecule has 4 N–H and O–H groups in total. The summed E-state index contributed by atoms with van der Waals surface area (Å²) in [4.78, 5) is 5.71. The lowest BCUT2D eigenvalue weighted by Gasteiger charge is -2.06. The number of hydrogen-bond donors (Lipinski definition) is 3. The number of rotatable bonds is 5. The van der Waals surface area contributed by atoms with Crippen LogP contribution in [0.15, 0.2) is 40.2 Å². The zero-order valence-corrected chi connectivity index (χ0v) is 14.9. The molecule has 0 aliphatic heterocycles. The van der Waals surface area contributed by atoms with Gasteiger partial charge in [-0.15, -0.1) is 0 Å². The number of aryl methyl sites for hydroxylation is 2. The van der Waals surface area contributed by atoms with Gasteiger partial charge < -0.3 is 5.32 Å². The number of aliphatic imine (C=N–C) groups is 1. The maximum absolute atomic E-state index is 11.2. The molecule has 0 saturated carbocycles. The summed E-state index contributed by atoms with van der Waals surface area (Å²) in [6, 6.07) is 8.15. The second-order valence-corrected chi connectivity index (χ2v) is 7.02. The molecule has 1 aromatic carbocycles. The molecule has 128 valence electrons. The second kappa shape index (κ2) is 7.51. The standard InChI is InChI=1S/C14H18N6O2S2/c1-10-7-11(2)20(19-10)18-9-17-14(23)16-8-12-3-5-13(6-4-12)24(15,21)22/h3-7,9H,8H2,1-2H3,(H2,15,21,22)(H2,16,17,18,23). The van der Waals surface area contributed by atoms with Gasteiger partial charge >= 0.3 is 0 Å². The largest absolute Gasteiger partial charge is 0.357 e. The van der Waals surface area contributed by atoms with Crippen molar-refractivity contribution in [3.05, 3.63) is 47.3 Å². The van der Waals surface area contributed by atoms with Gasteiger partial charge in [0.25, 0.3) is 0 Å². The SMILES string of the molecule is Cc1cc(C)n(NC=NC(=S)NCc2ccc(S(N)(=O)=O)cc2)n1. The van der Waals surface area contributed by atoms with Crippen molar-refractivity contribution in [3.63, 3.8) is 0 Å². The Bertz CT molecular complexity index is 856. The first-order valence-corrected chi connectivity index (χ1v) is 8.93. The summed E-state index contributed by atoms with van der Waals surface area (Å²) in [5.74, 6) is 0. The zero-order chi connectivity index (χ0) is 17.7. The normalized spacial score (nSPS) is 11.6. The van der Waals surface area contributed by atoms with Gasteiger partial charge in [-0.25, -0.2) is 18.5 Å². The Kier molecular flexibility index (Phi) is 5.65. The fourth-order valence-corrected chi connectivity index (χ4v) is 2.56. The van der Waals surface area contributed by atoms with Gasteiger partial charge in [0.15, 0.2) is 5.11 Å². The van der Waals surface area contributed by atoms with Crippen molar-refractivity contribution in [1.82, 2.24) is 15.2 Å². The van der Waals surface area contributed by atoms with E-state index in [0.29, 0.717) is 11.7 Å². The summed E-state index contributed by atoms with van der Waals surface area (Å²) in [6.07, 6.45) is 1.44. The van der Waals surface area contributed by atoms with Crippen LogP contribution in [0.4, 0.5) is 0 Å². The van der Waals surface area contributed by atoms with Crippen LogP contribution in [0.5, 0.6) is 0 Å². The minimum atomic E-state index is -3.68. The number of hydrogen-bond acceptors (Lipinski definition) is 4. The molecule has 0 atom stereocenters. The predicted molar refractivity (Wildman–Crippen MR) is 96.8 cm³/mol. The van der Waals surface area contributed by atoms with E-state index in [2.05, 4.69) is 20.8 Å². The fraction of sp³-hybridized carbons (Fsp3) is 0.214. The Hall–Kier alpha value is -2.30. The smallest absolute Gasteiger partial charge is 0.238 e. The third kappa shape index (κ3) is 5.11. The van der Waals surface area contributed by atoms with Crippen molar-refractivity contribution in [2.75, 3.05) is 5.43 Å². The van der Waals surface area contributed by atoms with E-state index in [1.54, 1.807) is 16.9 Å². The molecule has 0 aliphatic carbocycles. The third-order valence-corrected chi connectivity index (χ3v) is 4.25. The average molecular weight is 366 g/mol. The van der Waals surface area contributed by atoms with Gasteiger partial charge in [-0.1, -0.05) is 12.1 Å². The van der Waals surface area contributed by atoms with Crippen molar-refractivity contribution < 1.29 is 8.42 Å². The Morgan fingerprint density at radius 2 is 2.04 bits per heavy atom. The van der Waals surface area contributed by atoms with Crippen LogP contribution in [0, 0.1) is 13.8 Å².